The maximum Gasteiger partial charge on any atom is 0.354 e. The van der Waals surface area contributed by atoms with Gasteiger partial charge in [-0.15, -0.1) is 0 Å². The van der Waals surface area contributed by atoms with Gasteiger partial charge in [-0.25, -0.2) is 18.4 Å². The van der Waals surface area contributed by atoms with Crippen LogP contribution in [-0.4, -0.2) is 20.6 Å². The van der Waals surface area contributed by atoms with E-state index in [4.69, 9.17) is 23.2 Å². The van der Waals surface area contributed by atoms with Crippen molar-refractivity contribution in [3.05, 3.63) is 74.3 Å². The summed E-state index contributed by atoms with van der Waals surface area (Å²) in [6.07, 6.45) is 0. The van der Waals surface area contributed by atoms with Gasteiger partial charge >= 0.3 is 11.7 Å². The molecule has 3 aromatic rings. The van der Waals surface area contributed by atoms with Gasteiger partial charge in [-0.1, -0.05) is 29.3 Å². The second kappa shape index (κ2) is 6.34. The first-order valence-electron chi connectivity index (χ1n) is 6.79. The minimum absolute atomic E-state index is 0.113. The summed E-state index contributed by atoms with van der Waals surface area (Å²) in [6.45, 7) is 0. The van der Waals surface area contributed by atoms with E-state index in [1.807, 2.05) is 0 Å². The largest absolute Gasteiger partial charge is 0.477 e. The first-order chi connectivity index (χ1) is 11.8. The van der Waals surface area contributed by atoms with Gasteiger partial charge in [0.05, 0.1) is 21.4 Å². The molecule has 5 nitrogen and oxygen atoms in total. The molecular formula is C16H8Cl2F2N2O3. The first kappa shape index (κ1) is 17.2. The molecule has 1 heterocycles. The molecular weight excluding hydrogens is 377 g/mol. The minimum Gasteiger partial charge on any atom is -0.477 e. The predicted octanol–water partition coefficient (Wildman–Crippen LogP) is 4.12. The topological polar surface area (TPSA) is 75.1 Å². The molecule has 0 spiro atoms. The van der Waals surface area contributed by atoms with Crippen LogP contribution >= 0.6 is 23.2 Å². The van der Waals surface area contributed by atoms with Crippen LogP contribution in [0.15, 0.2) is 41.2 Å². The van der Waals surface area contributed by atoms with E-state index in [0.717, 1.165) is 16.7 Å². The van der Waals surface area contributed by atoms with E-state index in [-0.39, 0.29) is 27.0 Å². The Labute approximate surface area is 149 Å². The first-order valence-corrected chi connectivity index (χ1v) is 7.55. The fourth-order valence-corrected chi connectivity index (χ4v) is 2.75. The summed E-state index contributed by atoms with van der Waals surface area (Å²) < 4.78 is 28.6. The summed E-state index contributed by atoms with van der Waals surface area (Å²) in [6, 6.07) is 7.34. The number of hydrogen-bond acceptors (Lipinski definition) is 2. The Morgan fingerprint density at radius 2 is 1.84 bits per heavy atom. The van der Waals surface area contributed by atoms with Gasteiger partial charge in [-0.3, -0.25) is 9.55 Å². The van der Waals surface area contributed by atoms with Gasteiger partial charge in [0.1, 0.15) is 5.82 Å². The number of nitrogens with one attached hydrogen (secondary N) is 1. The Kier molecular flexibility index (Phi) is 4.36. The molecule has 0 unspecified atom stereocenters. The summed E-state index contributed by atoms with van der Waals surface area (Å²) in [4.78, 5) is 25.9. The fraction of sp³-hybridized carbons (Fsp3) is 0. The summed E-state index contributed by atoms with van der Waals surface area (Å²) in [7, 11) is 0. The lowest BCUT2D eigenvalue weighted by molar-refractivity contribution is 0.0692. The average molecular weight is 385 g/mol. The third kappa shape index (κ3) is 2.92. The lowest BCUT2D eigenvalue weighted by Gasteiger charge is -2.11. The van der Waals surface area contributed by atoms with Gasteiger partial charge in [0.25, 0.3) is 0 Å². The van der Waals surface area contributed by atoms with Gasteiger partial charge in [0, 0.05) is 5.56 Å². The Bertz CT molecular complexity index is 1060. The van der Waals surface area contributed by atoms with Crippen molar-refractivity contribution in [1.29, 1.82) is 0 Å². The van der Waals surface area contributed by atoms with Crippen LogP contribution in [0.4, 0.5) is 8.78 Å². The zero-order valence-corrected chi connectivity index (χ0v) is 13.7. The number of nitrogens with zero attached hydrogens (tertiary/aromatic N) is 1. The minimum atomic E-state index is -1.45. The molecule has 2 N–H and O–H groups in total. The van der Waals surface area contributed by atoms with Crippen molar-refractivity contribution in [2.24, 2.45) is 0 Å². The van der Waals surface area contributed by atoms with Crippen molar-refractivity contribution in [2.45, 2.75) is 0 Å². The molecule has 25 heavy (non-hydrogen) atoms. The molecule has 0 amide bonds. The summed E-state index contributed by atoms with van der Waals surface area (Å²) >= 11 is 11.5. The van der Waals surface area contributed by atoms with Crippen molar-refractivity contribution in [3.8, 4) is 16.9 Å². The average Bonchev–Trinajstić information content (AvgIpc) is 2.90. The number of imidazole rings is 1. The molecule has 0 atom stereocenters. The highest BCUT2D eigenvalue weighted by Gasteiger charge is 2.24. The van der Waals surface area contributed by atoms with Crippen molar-refractivity contribution < 1.29 is 18.7 Å². The van der Waals surface area contributed by atoms with Gasteiger partial charge in [-0.05, 0) is 30.3 Å². The van der Waals surface area contributed by atoms with Gasteiger partial charge in [0.2, 0.25) is 0 Å². The van der Waals surface area contributed by atoms with Crippen LogP contribution in [0.25, 0.3) is 16.9 Å². The highest BCUT2D eigenvalue weighted by Crippen LogP contribution is 2.30. The number of rotatable bonds is 3. The molecule has 2 aromatic carbocycles. The number of halogens is 4. The molecule has 0 aliphatic carbocycles. The van der Waals surface area contributed by atoms with Crippen LogP contribution in [0, 0.1) is 11.6 Å². The molecule has 0 aliphatic rings. The van der Waals surface area contributed by atoms with E-state index < -0.39 is 29.0 Å². The SMILES string of the molecule is O=C(O)c1[nH]c(=O)n(-c2cccc(Cl)c2F)c1-c1ccc(F)c(Cl)c1. The number of aromatic amines is 1. The van der Waals surface area contributed by atoms with Gasteiger partial charge < -0.3 is 5.11 Å². The van der Waals surface area contributed by atoms with E-state index in [2.05, 4.69) is 4.98 Å². The molecule has 0 saturated heterocycles. The normalized spacial score (nSPS) is 10.9. The number of aromatic carboxylic acids is 1. The monoisotopic (exact) mass is 384 g/mol. The van der Waals surface area contributed by atoms with E-state index in [1.54, 1.807) is 0 Å². The Balaban J connectivity index is 2.40. The van der Waals surface area contributed by atoms with Crippen molar-refractivity contribution >= 4 is 29.2 Å². The quantitative estimate of drug-likeness (QED) is 0.713. The van der Waals surface area contributed by atoms with Crippen LogP contribution in [0.5, 0.6) is 0 Å². The third-order valence-corrected chi connectivity index (χ3v) is 4.06. The number of benzene rings is 2. The van der Waals surface area contributed by atoms with E-state index >= 15 is 0 Å². The number of carboxylic acid groups (broad SMARTS) is 1. The van der Waals surface area contributed by atoms with E-state index in [1.165, 1.54) is 24.3 Å². The van der Waals surface area contributed by atoms with Crippen molar-refractivity contribution in [3.63, 3.8) is 0 Å². The van der Waals surface area contributed by atoms with Crippen LogP contribution in [0.1, 0.15) is 10.5 Å². The number of hydrogen-bond donors (Lipinski definition) is 2. The zero-order valence-electron chi connectivity index (χ0n) is 12.2. The second-order valence-electron chi connectivity index (χ2n) is 5.00. The molecule has 128 valence electrons. The highest BCUT2D eigenvalue weighted by molar-refractivity contribution is 6.31. The summed E-state index contributed by atoms with van der Waals surface area (Å²) in [5, 5.41) is 8.83. The summed E-state index contributed by atoms with van der Waals surface area (Å²) in [5.74, 6) is -3.08. The number of carbonyl (C=O) groups is 1. The van der Waals surface area contributed by atoms with Crippen molar-refractivity contribution in [1.82, 2.24) is 9.55 Å². The third-order valence-electron chi connectivity index (χ3n) is 3.47. The zero-order chi connectivity index (χ0) is 18.3. The molecule has 0 fully saturated rings. The van der Waals surface area contributed by atoms with E-state index in [0.29, 0.717) is 0 Å². The second-order valence-corrected chi connectivity index (χ2v) is 5.81. The molecule has 0 bridgehead atoms. The van der Waals surface area contributed by atoms with Gasteiger partial charge in [-0.2, -0.15) is 0 Å². The highest BCUT2D eigenvalue weighted by atomic mass is 35.5. The lowest BCUT2D eigenvalue weighted by atomic mass is 10.1. The van der Waals surface area contributed by atoms with Crippen LogP contribution in [-0.2, 0) is 0 Å². The van der Waals surface area contributed by atoms with Crippen LogP contribution in [0.3, 0.4) is 0 Å². The molecule has 0 aliphatic heterocycles. The van der Waals surface area contributed by atoms with Crippen LogP contribution in [0.2, 0.25) is 10.0 Å². The maximum absolute atomic E-state index is 14.4. The van der Waals surface area contributed by atoms with E-state index in [9.17, 15) is 23.5 Å². The lowest BCUT2D eigenvalue weighted by Crippen LogP contribution is -2.17. The summed E-state index contributed by atoms with van der Waals surface area (Å²) in [5.41, 5.74) is -1.71. The molecule has 0 radical (unpaired) electrons. The molecule has 9 heteroatoms. The maximum atomic E-state index is 14.4. The molecule has 0 saturated carbocycles. The fourth-order valence-electron chi connectivity index (χ4n) is 2.40. The standard InChI is InChI=1S/C16H8Cl2F2N2O3/c17-8-2-1-3-11(12(8)20)22-14(13(15(23)24)21-16(22)25)7-4-5-10(19)9(18)6-7/h1-6H,(H,21,25)(H,23,24). The number of carboxylic acids is 1. The number of H-pyrrole nitrogens is 1. The smallest absolute Gasteiger partial charge is 0.354 e. The molecule has 3 rings (SSSR count). The van der Waals surface area contributed by atoms with Gasteiger partial charge in [0.15, 0.2) is 11.5 Å². The number of aromatic nitrogens is 2. The Morgan fingerprint density at radius 3 is 2.48 bits per heavy atom. The van der Waals surface area contributed by atoms with Crippen molar-refractivity contribution in [2.75, 3.05) is 0 Å². The molecule has 1 aromatic heterocycles. The predicted molar refractivity (Wildman–Crippen MR) is 88.7 cm³/mol. The van der Waals surface area contributed by atoms with Crippen LogP contribution < -0.4 is 5.69 Å². The Hall–Kier alpha value is -2.64. The Morgan fingerprint density at radius 1 is 1.12 bits per heavy atom.